The number of aromatic amines is 1. The van der Waals surface area contributed by atoms with Gasteiger partial charge in [0, 0.05) is 61.8 Å². The number of nitro groups is 1. The monoisotopic (exact) mass is 952 g/mol. The lowest BCUT2D eigenvalue weighted by atomic mass is 9.59. The highest BCUT2D eigenvalue weighted by molar-refractivity contribution is 7.90. The summed E-state index contributed by atoms with van der Waals surface area (Å²) in [5, 5.41) is 25.6. The number of benzene rings is 2. The summed E-state index contributed by atoms with van der Waals surface area (Å²) in [6, 6.07) is 17.1. The van der Waals surface area contributed by atoms with Crippen LogP contribution in [0.4, 0.5) is 21.6 Å². The molecule has 5 aromatic rings. The molecule has 1 amide bonds. The molecule has 18 heteroatoms. The third-order valence-corrected chi connectivity index (χ3v) is 16.1. The Hall–Kier alpha value is -5.85. The molecule has 68 heavy (non-hydrogen) atoms. The third-order valence-electron chi connectivity index (χ3n) is 14.8. The first kappa shape index (κ1) is 47.2. The number of likely N-dealkylation sites (tertiary alicyclic amines) is 1. The second kappa shape index (κ2) is 18.9. The highest BCUT2D eigenvalue weighted by Gasteiger charge is 2.50. The van der Waals surface area contributed by atoms with E-state index in [1.165, 1.54) is 36.1 Å². The number of sulfonamides is 1. The topological polar surface area (TPSA) is 205 Å². The summed E-state index contributed by atoms with van der Waals surface area (Å²) in [7, 11) is -4.72. The molecule has 2 saturated carbocycles. The zero-order valence-corrected chi connectivity index (χ0v) is 39.9. The van der Waals surface area contributed by atoms with Gasteiger partial charge in [-0.25, -0.2) is 22.5 Å². The molecule has 0 bridgehead atoms. The van der Waals surface area contributed by atoms with Crippen molar-refractivity contribution in [1.82, 2.24) is 24.6 Å². The van der Waals surface area contributed by atoms with Crippen LogP contribution in [-0.2, 0) is 10.0 Å². The summed E-state index contributed by atoms with van der Waals surface area (Å²) in [6.45, 7) is 11.3. The maximum atomic E-state index is 14.9. The van der Waals surface area contributed by atoms with Crippen LogP contribution in [0.25, 0.3) is 11.0 Å². The van der Waals surface area contributed by atoms with Crippen LogP contribution in [0.2, 0.25) is 0 Å². The number of aliphatic hydroxyl groups is 1. The number of pyridine rings is 2. The number of fused-ring (bicyclic) bond motifs is 1. The number of H-pyrrole nitrogens is 1. The number of hydrogen-bond acceptors (Lipinski definition) is 13. The van der Waals surface area contributed by atoms with E-state index in [0.29, 0.717) is 50.2 Å². The summed E-state index contributed by atoms with van der Waals surface area (Å²) < 4.78 is 56.7. The van der Waals surface area contributed by atoms with Crippen molar-refractivity contribution >= 4 is 44.2 Å². The average Bonchev–Trinajstić information content (AvgIpc) is 3.94. The second-order valence-electron chi connectivity index (χ2n) is 19.8. The molecule has 0 radical (unpaired) electrons. The standard InChI is InChI=1S/C50H61FN8O8S/c1-5-66-48-44(25-39-40(51)30-54-45(39)55-48)67-43-23-33(57-21-18-50(19-22-57)26-34(27-50)58-20-8-11-41(58)37-10-7-6-9-36(37)31(2)3)12-13-38(43)47(60)56-68(64,65)35-24-42(59(62)63)46(53-29-35)52-28-32-14-16-49(4,61)17-15-32/h6-7,9-10,12-13,23-25,29-32,34,41,61H,5,8,11,14-22,26-28H2,1-4H3,(H,52,53)(H,54,55)(H,56,60)/t32?,41-,49?/m0/s1. The Morgan fingerprint density at radius 2 is 1.79 bits per heavy atom. The Bertz CT molecular complexity index is 2790. The van der Waals surface area contributed by atoms with Crippen LogP contribution >= 0.6 is 0 Å². The van der Waals surface area contributed by atoms with Crippen LogP contribution in [0.5, 0.6) is 17.4 Å². The molecule has 4 fully saturated rings. The maximum absolute atomic E-state index is 14.9. The number of nitrogens with one attached hydrogen (secondary N) is 3. The van der Waals surface area contributed by atoms with Gasteiger partial charge in [0.2, 0.25) is 5.82 Å². The van der Waals surface area contributed by atoms with Gasteiger partial charge in [-0.3, -0.25) is 19.8 Å². The number of piperidine rings is 1. The molecule has 16 nitrogen and oxygen atoms in total. The van der Waals surface area contributed by atoms with Crippen LogP contribution in [0.3, 0.4) is 0 Å². The highest BCUT2D eigenvalue weighted by Crippen LogP contribution is 2.54. The number of nitrogens with zero attached hydrogens (tertiary/aromatic N) is 5. The minimum absolute atomic E-state index is 0.00256. The molecule has 4 aliphatic rings. The minimum atomic E-state index is -4.72. The number of amides is 1. The van der Waals surface area contributed by atoms with Crippen molar-refractivity contribution < 1.29 is 37.1 Å². The second-order valence-corrected chi connectivity index (χ2v) is 21.5. The van der Waals surface area contributed by atoms with E-state index in [2.05, 4.69) is 72.9 Å². The molecule has 9 rings (SSSR count). The zero-order valence-electron chi connectivity index (χ0n) is 39.1. The summed E-state index contributed by atoms with van der Waals surface area (Å²) in [4.78, 5) is 41.3. The maximum Gasteiger partial charge on any atom is 0.312 e. The van der Waals surface area contributed by atoms with Gasteiger partial charge >= 0.3 is 5.69 Å². The smallest absolute Gasteiger partial charge is 0.312 e. The number of hydrogen-bond donors (Lipinski definition) is 4. The molecule has 4 N–H and O–H groups in total. The Labute approximate surface area is 396 Å². The predicted molar refractivity (Wildman–Crippen MR) is 256 cm³/mol. The van der Waals surface area contributed by atoms with Gasteiger partial charge in [-0.15, -0.1) is 0 Å². The number of halogens is 1. The molecular weight excluding hydrogens is 892 g/mol. The predicted octanol–water partition coefficient (Wildman–Crippen LogP) is 9.38. The third kappa shape index (κ3) is 9.72. The Balaban J connectivity index is 0.935. The Morgan fingerprint density at radius 1 is 1.04 bits per heavy atom. The summed E-state index contributed by atoms with van der Waals surface area (Å²) in [5.74, 6) is -1.15. The molecule has 2 aliphatic carbocycles. The average molecular weight is 953 g/mol. The highest BCUT2D eigenvalue weighted by atomic mass is 32.2. The fourth-order valence-corrected chi connectivity index (χ4v) is 11.9. The molecule has 362 valence electrons. The van der Waals surface area contributed by atoms with Gasteiger partial charge in [-0.05, 0) is 125 Å². The van der Waals surface area contributed by atoms with Gasteiger partial charge in [0.15, 0.2) is 5.75 Å². The van der Waals surface area contributed by atoms with E-state index in [-0.39, 0.29) is 57.7 Å². The van der Waals surface area contributed by atoms with E-state index in [9.17, 15) is 32.8 Å². The zero-order chi connectivity index (χ0) is 48.0. The molecule has 1 atom stereocenters. The largest absolute Gasteiger partial charge is 0.475 e. The van der Waals surface area contributed by atoms with E-state index < -0.39 is 42.9 Å². The van der Waals surface area contributed by atoms with Gasteiger partial charge in [-0.1, -0.05) is 38.1 Å². The van der Waals surface area contributed by atoms with Crippen molar-refractivity contribution in [2.75, 3.05) is 43.0 Å². The normalized spacial score (nSPS) is 22.1. The first-order valence-electron chi connectivity index (χ1n) is 23.9. The molecule has 1 spiro atoms. The van der Waals surface area contributed by atoms with E-state index in [4.69, 9.17) is 9.47 Å². The Kier molecular flexibility index (Phi) is 13.1. The lowest BCUT2D eigenvalue weighted by Crippen LogP contribution is -2.54. The summed E-state index contributed by atoms with van der Waals surface area (Å²) in [6.07, 6.45) is 11.4. The number of rotatable bonds is 15. The molecule has 5 heterocycles. The van der Waals surface area contributed by atoms with Crippen LogP contribution in [-0.4, -0.2) is 88.6 Å². The first-order chi connectivity index (χ1) is 32.5. The van der Waals surface area contributed by atoms with Gasteiger partial charge in [-0.2, -0.15) is 4.98 Å². The van der Waals surface area contributed by atoms with E-state index in [1.54, 1.807) is 26.0 Å². The Morgan fingerprint density at radius 3 is 2.51 bits per heavy atom. The van der Waals surface area contributed by atoms with Crippen LogP contribution < -0.4 is 24.4 Å². The summed E-state index contributed by atoms with van der Waals surface area (Å²) in [5.41, 5.74) is 2.63. The van der Waals surface area contributed by atoms with Gasteiger partial charge in [0.1, 0.15) is 22.1 Å². The number of ether oxygens (including phenoxy) is 2. The quantitative estimate of drug-likeness (QED) is 0.0571. The fraction of sp³-hybridized carbons (Fsp3) is 0.500. The van der Waals surface area contributed by atoms with Gasteiger partial charge in [0.25, 0.3) is 21.8 Å². The SMILES string of the molecule is CCOc1nc2[nH]cc(F)c2cc1Oc1cc(N2CCC3(CC2)CC(N2CCC[C@H]2c2ccccc2C(C)C)C3)ccc1C(=O)NS(=O)(=O)c1cnc(NCC2CCC(C)(O)CC2)c([N+](=O)[O-])c1. The number of carbonyl (C=O) groups excluding carboxylic acids is 1. The van der Waals surface area contributed by atoms with E-state index in [0.717, 1.165) is 69.5 Å². The van der Waals surface area contributed by atoms with E-state index >= 15 is 0 Å². The fourth-order valence-electron chi connectivity index (χ4n) is 11.0. The van der Waals surface area contributed by atoms with Crippen LogP contribution in [0, 0.1) is 27.3 Å². The van der Waals surface area contributed by atoms with Crippen molar-refractivity contribution in [1.29, 1.82) is 0 Å². The number of carbonyl (C=O) groups is 1. The van der Waals surface area contributed by atoms with Crippen molar-refractivity contribution in [2.45, 2.75) is 120 Å². The van der Waals surface area contributed by atoms with Crippen molar-refractivity contribution in [3.05, 3.63) is 99.6 Å². The van der Waals surface area contributed by atoms with E-state index in [1.807, 2.05) is 0 Å². The first-order valence-corrected chi connectivity index (χ1v) is 25.4. The molecule has 2 aliphatic heterocycles. The van der Waals surface area contributed by atoms with Gasteiger partial charge in [0.05, 0.1) is 34.3 Å². The van der Waals surface area contributed by atoms with Gasteiger partial charge < -0.3 is 29.8 Å². The number of anilines is 2. The van der Waals surface area contributed by atoms with Crippen LogP contribution in [0.15, 0.2) is 71.9 Å². The molecule has 0 unspecified atom stereocenters. The van der Waals surface area contributed by atoms with Crippen molar-refractivity contribution in [3.63, 3.8) is 0 Å². The molecule has 2 saturated heterocycles. The lowest BCUT2D eigenvalue weighted by Gasteiger charge is -2.56. The molecule has 2 aromatic carbocycles. The number of aromatic nitrogens is 3. The van der Waals surface area contributed by atoms with Crippen LogP contribution in [0.1, 0.15) is 125 Å². The van der Waals surface area contributed by atoms with Crippen molar-refractivity contribution in [3.8, 4) is 17.4 Å². The summed E-state index contributed by atoms with van der Waals surface area (Å²) >= 11 is 0. The molecule has 3 aromatic heterocycles. The minimum Gasteiger partial charge on any atom is -0.475 e. The molecular formula is C50H61FN8O8S. The van der Waals surface area contributed by atoms with Crippen molar-refractivity contribution in [2.24, 2.45) is 11.3 Å². The lowest BCUT2D eigenvalue weighted by molar-refractivity contribution is -0.384.